The van der Waals surface area contributed by atoms with Crippen molar-refractivity contribution in [3.8, 4) is 11.6 Å². The maximum Gasteiger partial charge on any atom is 0.422 e. The van der Waals surface area contributed by atoms with Crippen molar-refractivity contribution in [2.75, 3.05) is 0 Å². The molecule has 0 spiro atoms. The highest BCUT2D eigenvalue weighted by Crippen LogP contribution is 2.21. The fraction of sp³-hybridized carbons (Fsp3) is 0.235. The van der Waals surface area contributed by atoms with E-state index in [2.05, 4.69) is 29.2 Å². The maximum absolute atomic E-state index is 12.4. The summed E-state index contributed by atoms with van der Waals surface area (Å²) in [5, 5.41) is 10.6. The minimum Gasteiger partial charge on any atom is -0.492 e. The Hall–Kier alpha value is -4.78. The van der Waals surface area contributed by atoms with Crippen LogP contribution in [-0.2, 0) is 26.0 Å². The van der Waals surface area contributed by atoms with Crippen molar-refractivity contribution in [1.29, 1.82) is 0 Å². The minimum absolute atomic E-state index is 0.0763. The van der Waals surface area contributed by atoms with Crippen molar-refractivity contribution in [3.63, 3.8) is 0 Å². The summed E-state index contributed by atoms with van der Waals surface area (Å²) in [5.41, 5.74) is 3.99. The number of unbranched alkanes of at least 4 members (excludes halogenated alkanes) is 3. The van der Waals surface area contributed by atoms with E-state index in [-0.39, 0.29) is 12.4 Å². The van der Waals surface area contributed by atoms with E-state index >= 15 is 0 Å². The van der Waals surface area contributed by atoms with E-state index in [1.165, 1.54) is 16.4 Å². The summed E-state index contributed by atoms with van der Waals surface area (Å²) in [6.45, 7) is 0.639. The Morgan fingerprint density at radius 3 is 2.27 bits per heavy atom. The number of hydrogen-bond acceptors (Lipinski definition) is 6. The predicted molar refractivity (Wildman–Crippen MR) is 159 cm³/mol. The van der Waals surface area contributed by atoms with Crippen LogP contribution in [0.4, 0.5) is 0 Å². The van der Waals surface area contributed by atoms with Gasteiger partial charge in [0.15, 0.2) is 5.76 Å². The number of rotatable bonds is 14. The second-order valence-corrected chi connectivity index (χ2v) is 9.95. The van der Waals surface area contributed by atoms with E-state index in [4.69, 9.17) is 13.6 Å². The highest BCUT2D eigenvalue weighted by atomic mass is 16.5. The second-order valence-electron chi connectivity index (χ2n) is 9.95. The van der Waals surface area contributed by atoms with Gasteiger partial charge in [0, 0.05) is 12.5 Å². The smallest absolute Gasteiger partial charge is 0.422 e. The zero-order valence-electron chi connectivity index (χ0n) is 22.9. The normalized spacial score (nSPS) is 11.3. The van der Waals surface area contributed by atoms with Gasteiger partial charge in [0.1, 0.15) is 18.6 Å². The minimum atomic E-state index is -0.599. The van der Waals surface area contributed by atoms with Gasteiger partial charge in [0.05, 0.1) is 12.2 Å². The number of aromatic hydroxyl groups is 1. The van der Waals surface area contributed by atoms with Crippen molar-refractivity contribution < 1.29 is 18.7 Å². The topological polar surface area (TPSA) is 90.6 Å². The van der Waals surface area contributed by atoms with Crippen molar-refractivity contribution in [3.05, 3.63) is 136 Å². The quantitative estimate of drug-likeness (QED) is 0.146. The lowest BCUT2D eigenvalue weighted by Gasteiger charge is -2.07. The summed E-state index contributed by atoms with van der Waals surface area (Å²) in [6, 6.07) is 28.2. The van der Waals surface area contributed by atoms with Crippen molar-refractivity contribution >= 4 is 12.2 Å². The van der Waals surface area contributed by atoms with Crippen LogP contribution in [0.15, 0.2) is 105 Å². The van der Waals surface area contributed by atoms with Gasteiger partial charge in [-0.25, -0.2) is 14.3 Å². The summed E-state index contributed by atoms with van der Waals surface area (Å²) < 4.78 is 17.9. The molecule has 0 bridgehead atoms. The zero-order valence-corrected chi connectivity index (χ0v) is 22.9. The van der Waals surface area contributed by atoms with E-state index in [9.17, 15) is 9.90 Å². The fourth-order valence-electron chi connectivity index (χ4n) is 4.57. The summed E-state index contributed by atoms with van der Waals surface area (Å²) in [5.74, 6) is 0.864. The first-order valence-electron chi connectivity index (χ1n) is 14.0. The fourth-order valence-corrected chi connectivity index (χ4v) is 4.57. The van der Waals surface area contributed by atoms with Gasteiger partial charge in [-0.15, -0.1) is 0 Å². The highest BCUT2D eigenvalue weighted by molar-refractivity contribution is 5.65. The Morgan fingerprint density at radius 1 is 0.805 bits per heavy atom. The monoisotopic (exact) mass is 550 g/mol. The standard InChI is InChI=1S/C34H34N2O5/c37-33-31(41-34(38)36(33)23-29-25-40-32(35-29)22-19-26-11-6-3-7-12-26)16-10-2-1-5-13-27-17-20-30(21-18-27)39-24-28-14-8-4-9-15-28/h3-4,6-9,11-12,14-15,17-22,25,37H,1-2,5,10,13,16,23-24H2. The van der Waals surface area contributed by atoms with Crippen LogP contribution in [0.2, 0.25) is 0 Å². The van der Waals surface area contributed by atoms with Crippen molar-refractivity contribution in [2.45, 2.75) is 51.7 Å². The van der Waals surface area contributed by atoms with Crippen LogP contribution in [0.1, 0.15) is 59.7 Å². The van der Waals surface area contributed by atoms with E-state index in [1.807, 2.05) is 66.7 Å². The SMILES string of the molecule is O=c1oc(CCCCCCc2ccc(OCc3ccccc3)cc2)c(O)n1Cc1coc(C=Cc2ccccc2)n1. The molecule has 0 aliphatic rings. The van der Waals surface area contributed by atoms with Gasteiger partial charge in [-0.2, -0.15) is 0 Å². The van der Waals surface area contributed by atoms with Crippen LogP contribution in [-0.4, -0.2) is 14.7 Å². The Bertz CT molecular complexity index is 1580. The molecule has 1 N–H and O–H groups in total. The molecular weight excluding hydrogens is 516 g/mol. The van der Waals surface area contributed by atoms with E-state index < -0.39 is 5.76 Å². The molecule has 7 heteroatoms. The Balaban J connectivity index is 1.02. The lowest BCUT2D eigenvalue weighted by atomic mass is 10.0. The summed E-state index contributed by atoms with van der Waals surface area (Å²) in [4.78, 5) is 16.8. The molecule has 0 aliphatic heterocycles. The number of aromatic nitrogens is 2. The average molecular weight is 551 g/mol. The van der Waals surface area contributed by atoms with E-state index in [1.54, 1.807) is 6.08 Å². The molecule has 0 atom stereocenters. The molecule has 3 aromatic carbocycles. The molecule has 2 heterocycles. The molecular formula is C34H34N2O5. The molecule has 0 amide bonds. The highest BCUT2D eigenvalue weighted by Gasteiger charge is 2.17. The number of nitrogens with zero attached hydrogens (tertiary/aromatic N) is 2. The molecule has 7 nitrogen and oxygen atoms in total. The van der Waals surface area contributed by atoms with Gasteiger partial charge < -0.3 is 18.7 Å². The molecule has 41 heavy (non-hydrogen) atoms. The summed E-state index contributed by atoms with van der Waals surface area (Å²) in [7, 11) is 0. The lowest BCUT2D eigenvalue weighted by Crippen LogP contribution is -2.14. The van der Waals surface area contributed by atoms with E-state index in [0.717, 1.165) is 49.0 Å². The van der Waals surface area contributed by atoms with Gasteiger partial charge in [0.25, 0.3) is 0 Å². The first kappa shape index (κ1) is 27.8. The Morgan fingerprint density at radius 2 is 1.51 bits per heavy atom. The van der Waals surface area contributed by atoms with Gasteiger partial charge in [-0.05, 0) is 54.2 Å². The third kappa shape index (κ3) is 8.11. The van der Waals surface area contributed by atoms with Crippen LogP contribution in [0.3, 0.4) is 0 Å². The van der Waals surface area contributed by atoms with Crippen molar-refractivity contribution in [2.24, 2.45) is 0 Å². The number of oxazole rings is 2. The lowest BCUT2D eigenvalue weighted by molar-refractivity contribution is 0.306. The molecule has 2 aromatic heterocycles. The molecule has 0 saturated carbocycles. The van der Waals surface area contributed by atoms with Crippen LogP contribution in [0.25, 0.3) is 12.2 Å². The van der Waals surface area contributed by atoms with Gasteiger partial charge >= 0.3 is 5.76 Å². The van der Waals surface area contributed by atoms with E-state index in [0.29, 0.717) is 30.4 Å². The Labute approximate surface area is 239 Å². The van der Waals surface area contributed by atoms with Crippen molar-refractivity contribution in [1.82, 2.24) is 9.55 Å². The molecule has 0 fully saturated rings. The molecule has 0 unspecified atom stereocenters. The van der Waals surface area contributed by atoms with Crippen LogP contribution in [0, 0.1) is 0 Å². The number of ether oxygens (including phenoxy) is 1. The number of aryl methyl sites for hydroxylation is 2. The van der Waals surface area contributed by atoms with Crippen LogP contribution >= 0.6 is 0 Å². The van der Waals surface area contributed by atoms with Gasteiger partial charge in [-0.1, -0.05) is 85.6 Å². The van der Waals surface area contributed by atoms with Crippen LogP contribution in [0.5, 0.6) is 11.6 Å². The zero-order chi connectivity index (χ0) is 28.3. The average Bonchev–Trinajstić information content (AvgIpc) is 3.57. The summed E-state index contributed by atoms with van der Waals surface area (Å²) in [6.07, 6.45) is 10.6. The molecule has 5 aromatic rings. The molecule has 0 radical (unpaired) electrons. The first-order valence-corrected chi connectivity index (χ1v) is 14.0. The Kier molecular flexibility index (Phi) is 9.50. The molecule has 0 aliphatic carbocycles. The number of benzene rings is 3. The second kappa shape index (κ2) is 14.0. The van der Waals surface area contributed by atoms with Gasteiger partial charge in [0.2, 0.25) is 11.8 Å². The molecule has 5 rings (SSSR count). The van der Waals surface area contributed by atoms with Crippen LogP contribution < -0.4 is 10.5 Å². The molecule has 0 saturated heterocycles. The predicted octanol–water partition coefficient (Wildman–Crippen LogP) is 7.28. The third-order valence-corrected chi connectivity index (χ3v) is 6.83. The number of hydrogen-bond donors (Lipinski definition) is 1. The maximum atomic E-state index is 12.4. The largest absolute Gasteiger partial charge is 0.492 e. The van der Waals surface area contributed by atoms with Gasteiger partial charge in [-0.3, -0.25) is 0 Å². The first-order chi connectivity index (χ1) is 20.1. The molecule has 210 valence electrons. The third-order valence-electron chi connectivity index (χ3n) is 6.83. The summed E-state index contributed by atoms with van der Waals surface area (Å²) >= 11 is 0.